The Kier molecular flexibility index (Phi) is 5.92. The molecule has 10 heteroatoms. The number of aryl methyl sites for hydroxylation is 1. The molecule has 0 aromatic carbocycles. The molecule has 0 spiro atoms. The third kappa shape index (κ3) is 3.87. The third-order valence-electron chi connectivity index (χ3n) is 4.96. The number of aromatic nitrogens is 3. The maximum atomic E-state index is 12.7. The predicted molar refractivity (Wildman–Crippen MR) is 117 cm³/mol. The maximum Gasteiger partial charge on any atom is 0.345 e. The minimum Gasteiger partial charge on any atom is -0.422 e. The minimum absolute atomic E-state index is 0.390. The quantitative estimate of drug-likeness (QED) is 0.487. The number of fused-ring (bicyclic) bond motifs is 2. The average molecular weight is 448 g/mol. The first-order valence-corrected chi connectivity index (χ1v) is 10.0. The van der Waals surface area contributed by atoms with Gasteiger partial charge in [-0.1, -0.05) is 11.6 Å². The van der Waals surface area contributed by atoms with E-state index >= 15 is 0 Å². The van der Waals surface area contributed by atoms with Gasteiger partial charge in [0.15, 0.2) is 5.65 Å². The molecule has 0 aliphatic carbocycles. The van der Waals surface area contributed by atoms with E-state index in [9.17, 15) is 4.79 Å². The first kappa shape index (κ1) is 20.6. The SMILES string of the molecule is Cc1cc(Cl)c2nc(-c3cc4cnc(N5CCNCC5)cc4oc3=O)cn2c1.OCl. The summed E-state index contributed by atoms with van der Waals surface area (Å²) in [7, 11) is 0. The van der Waals surface area contributed by atoms with E-state index in [1.807, 2.05) is 29.7 Å². The first-order chi connectivity index (χ1) is 14.6. The fraction of sp³-hybridized carbons (Fsp3) is 0.250. The molecule has 0 saturated carbocycles. The smallest absolute Gasteiger partial charge is 0.345 e. The van der Waals surface area contributed by atoms with E-state index in [2.05, 4.69) is 32.1 Å². The predicted octanol–water partition coefficient (Wildman–Crippen LogP) is 3.01. The van der Waals surface area contributed by atoms with Crippen LogP contribution in [0, 0.1) is 6.92 Å². The van der Waals surface area contributed by atoms with Gasteiger partial charge in [0.1, 0.15) is 11.4 Å². The summed E-state index contributed by atoms with van der Waals surface area (Å²) in [5.41, 5.74) is 2.62. The molecule has 0 radical (unpaired) electrons. The van der Waals surface area contributed by atoms with Gasteiger partial charge in [-0.15, -0.1) is 0 Å². The molecule has 5 rings (SSSR count). The molecule has 4 aromatic heterocycles. The topological polar surface area (TPSA) is 95.9 Å². The molecule has 0 unspecified atom stereocenters. The molecule has 4 aromatic rings. The summed E-state index contributed by atoms with van der Waals surface area (Å²) in [4.78, 5) is 23.9. The largest absolute Gasteiger partial charge is 0.422 e. The molecule has 1 saturated heterocycles. The Hall–Kier alpha value is -2.65. The van der Waals surface area contributed by atoms with Crippen LogP contribution in [0.4, 0.5) is 5.82 Å². The number of hydrogen-bond acceptors (Lipinski definition) is 7. The highest BCUT2D eigenvalue weighted by atomic mass is 35.5. The van der Waals surface area contributed by atoms with Crippen LogP contribution in [0.3, 0.4) is 0 Å². The van der Waals surface area contributed by atoms with Crippen LogP contribution in [-0.2, 0) is 0 Å². The molecule has 30 heavy (non-hydrogen) atoms. The molecule has 156 valence electrons. The molecule has 1 aliphatic heterocycles. The van der Waals surface area contributed by atoms with Crippen LogP contribution in [0.25, 0.3) is 27.9 Å². The fourth-order valence-electron chi connectivity index (χ4n) is 3.57. The van der Waals surface area contributed by atoms with E-state index < -0.39 is 5.63 Å². The molecule has 0 bridgehead atoms. The van der Waals surface area contributed by atoms with Crippen molar-refractivity contribution in [2.24, 2.45) is 0 Å². The van der Waals surface area contributed by atoms with Crippen LogP contribution >= 0.6 is 23.5 Å². The highest BCUT2D eigenvalue weighted by molar-refractivity contribution is 6.33. The lowest BCUT2D eigenvalue weighted by molar-refractivity contribution is 0.560. The second kappa shape index (κ2) is 8.61. The van der Waals surface area contributed by atoms with Crippen molar-refractivity contribution < 1.29 is 9.08 Å². The lowest BCUT2D eigenvalue weighted by Crippen LogP contribution is -2.43. The highest BCUT2D eigenvalue weighted by Crippen LogP contribution is 2.26. The van der Waals surface area contributed by atoms with E-state index in [1.165, 1.54) is 0 Å². The second-order valence-corrected chi connectivity index (χ2v) is 7.39. The lowest BCUT2D eigenvalue weighted by atomic mass is 10.2. The third-order valence-corrected chi connectivity index (χ3v) is 5.24. The summed E-state index contributed by atoms with van der Waals surface area (Å²) >= 11 is 9.92. The zero-order chi connectivity index (χ0) is 21.3. The number of imidazole rings is 1. The van der Waals surface area contributed by atoms with Crippen LogP contribution in [-0.4, -0.2) is 45.2 Å². The first-order valence-electron chi connectivity index (χ1n) is 9.30. The van der Waals surface area contributed by atoms with Crippen molar-refractivity contribution >= 4 is 45.9 Å². The molecule has 5 heterocycles. The monoisotopic (exact) mass is 447 g/mol. The lowest BCUT2D eigenvalue weighted by Gasteiger charge is -2.28. The number of anilines is 1. The maximum absolute atomic E-state index is 12.7. The molecule has 0 atom stereocenters. The standard InChI is InChI=1S/C20H18ClN5O2.ClHO/c1-12-6-15(21)19-24-16(11-26(19)10-12)14-7-13-9-23-18(8-17(13)28-20(14)27)25-4-2-22-3-5-25;1-2/h6-11,22H,2-5H2,1H3;2H. The van der Waals surface area contributed by atoms with Crippen LogP contribution < -0.4 is 15.8 Å². The molecule has 0 amide bonds. The summed E-state index contributed by atoms with van der Waals surface area (Å²) in [6, 6.07) is 5.45. The van der Waals surface area contributed by atoms with Crippen LogP contribution in [0.1, 0.15) is 5.56 Å². The van der Waals surface area contributed by atoms with E-state index in [-0.39, 0.29) is 0 Å². The van der Waals surface area contributed by atoms with Gasteiger partial charge in [-0.3, -0.25) is 4.66 Å². The van der Waals surface area contributed by atoms with Gasteiger partial charge in [-0.25, -0.2) is 14.8 Å². The van der Waals surface area contributed by atoms with Crippen LogP contribution in [0.2, 0.25) is 5.02 Å². The normalized spacial score (nSPS) is 14.1. The number of pyridine rings is 2. The van der Waals surface area contributed by atoms with Crippen molar-refractivity contribution in [1.29, 1.82) is 0 Å². The Balaban J connectivity index is 0.00000106. The van der Waals surface area contributed by atoms with Gasteiger partial charge < -0.3 is 19.0 Å². The Morgan fingerprint density at radius 3 is 2.70 bits per heavy atom. The Bertz CT molecular complexity index is 1260. The second-order valence-electron chi connectivity index (χ2n) is 6.99. The Morgan fingerprint density at radius 2 is 1.93 bits per heavy atom. The number of nitrogens with one attached hydrogen (secondary N) is 1. The van der Waals surface area contributed by atoms with Crippen LogP contribution in [0.5, 0.6) is 0 Å². The van der Waals surface area contributed by atoms with Crippen molar-refractivity contribution in [2.75, 3.05) is 31.1 Å². The molecule has 8 nitrogen and oxygen atoms in total. The van der Waals surface area contributed by atoms with Gasteiger partial charge in [0.25, 0.3) is 0 Å². The number of rotatable bonds is 2. The van der Waals surface area contributed by atoms with E-state index in [0.717, 1.165) is 42.9 Å². The highest BCUT2D eigenvalue weighted by Gasteiger charge is 2.16. The van der Waals surface area contributed by atoms with Gasteiger partial charge in [0.2, 0.25) is 0 Å². The summed E-state index contributed by atoms with van der Waals surface area (Å²) < 4.78 is 13.9. The van der Waals surface area contributed by atoms with Crippen molar-refractivity contribution in [2.45, 2.75) is 6.92 Å². The van der Waals surface area contributed by atoms with Gasteiger partial charge in [0, 0.05) is 56.2 Å². The van der Waals surface area contributed by atoms with E-state index in [4.69, 9.17) is 20.7 Å². The van der Waals surface area contributed by atoms with E-state index in [1.54, 1.807) is 18.5 Å². The number of halogens is 2. The Morgan fingerprint density at radius 1 is 1.17 bits per heavy atom. The number of nitrogens with zero attached hydrogens (tertiary/aromatic N) is 4. The van der Waals surface area contributed by atoms with Crippen molar-refractivity contribution in [3.05, 3.63) is 57.8 Å². The number of piperazine rings is 1. The summed E-state index contributed by atoms with van der Waals surface area (Å²) in [5.74, 6) is 0.819. The Labute approximate surface area is 181 Å². The van der Waals surface area contributed by atoms with Crippen molar-refractivity contribution in [1.82, 2.24) is 19.7 Å². The molecular weight excluding hydrogens is 429 g/mol. The summed E-state index contributed by atoms with van der Waals surface area (Å²) in [6.45, 7) is 5.54. The minimum atomic E-state index is -0.429. The van der Waals surface area contributed by atoms with Gasteiger partial charge in [-0.2, -0.15) is 0 Å². The zero-order valence-electron chi connectivity index (χ0n) is 16.1. The van der Waals surface area contributed by atoms with Crippen LogP contribution in [0.15, 0.2) is 46.0 Å². The van der Waals surface area contributed by atoms with Gasteiger partial charge >= 0.3 is 5.63 Å². The molecular formula is C20H19Cl2N5O3. The summed E-state index contributed by atoms with van der Waals surface area (Å²) in [5, 5.41) is 4.61. The van der Waals surface area contributed by atoms with Gasteiger partial charge in [0.05, 0.1) is 28.1 Å². The fourth-order valence-corrected chi connectivity index (χ4v) is 3.88. The number of hydrogen-bond donors (Lipinski definition) is 2. The summed E-state index contributed by atoms with van der Waals surface area (Å²) in [6.07, 6.45) is 5.45. The van der Waals surface area contributed by atoms with Gasteiger partial charge in [-0.05, 0) is 24.6 Å². The molecule has 1 aliphatic rings. The van der Waals surface area contributed by atoms with Crippen molar-refractivity contribution in [3.63, 3.8) is 0 Å². The zero-order valence-corrected chi connectivity index (χ0v) is 17.6. The molecule has 2 N–H and O–H groups in total. The average Bonchev–Trinajstić information content (AvgIpc) is 3.19. The molecule has 1 fully saturated rings. The van der Waals surface area contributed by atoms with Crippen molar-refractivity contribution in [3.8, 4) is 11.3 Å². The van der Waals surface area contributed by atoms with E-state index in [0.29, 0.717) is 27.5 Å².